The molecule has 6 heteroatoms. The first-order valence-electron chi connectivity index (χ1n) is 6.29. The standard InChI is InChI=1S/C14H21NO4S/c1-5-7-12-8-11(10-15-20(16,17)6-2)9-13(18-3)14(12)19-4/h5,8-9,15H,1,6-7,10H2,2-4H3. The minimum Gasteiger partial charge on any atom is -0.493 e. The molecule has 0 heterocycles. The van der Waals surface area contributed by atoms with Crippen LogP contribution in [0, 0.1) is 0 Å². The van der Waals surface area contributed by atoms with E-state index in [0.717, 1.165) is 11.1 Å². The van der Waals surface area contributed by atoms with E-state index in [4.69, 9.17) is 9.47 Å². The summed E-state index contributed by atoms with van der Waals surface area (Å²) in [5.41, 5.74) is 1.73. The number of benzene rings is 1. The largest absolute Gasteiger partial charge is 0.493 e. The average molecular weight is 299 g/mol. The van der Waals surface area contributed by atoms with Crippen molar-refractivity contribution in [3.05, 3.63) is 35.9 Å². The summed E-state index contributed by atoms with van der Waals surface area (Å²) in [5, 5.41) is 0. The molecular formula is C14H21NO4S. The Balaban J connectivity index is 3.09. The molecule has 0 atom stereocenters. The van der Waals surface area contributed by atoms with E-state index in [1.807, 2.05) is 6.07 Å². The summed E-state index contributed by atoms with van der Waals surface area (Å²) in [4.78, 5) is 0. The van der Waals surface area contributed by atoms with Gasteiger partial charge < -0.3 is 9.47 Å². The fraction of sp³-hybridized carbons (Fsp3) is 0.429. The van der Waals surface area contributed by atoms with Gasteiger partial charge in [0.1, 0.15) is 0 Å². The number of ether oxygens (including phenoxy) is 2. The molecule has 1 rings (SSSR count). The summed E-state index contributed by atoms with van der Waals surface area (Å²) in [5.74, 6) is 1.28. The van der Waals surface area contributed by atoms with Gasteiger partial charge in [0.05, 0.1) is 20.0 Å². The highest BCUT2D eigenvalue weighted by atomic mass is 32.2. The van der Waals surface area contributed by atoms with Crippen LogP contribution in [0.15, 0.2) is 24.8 Å². The van der Waals surface area contributed by atoms with Crippen molar-refractivity contribution in [2.75, 3.05) is 20.0 Å². The van der Waals surface area contributed by atoms with Gasteiger partial charge in [0.25, 0.3) is 0 Å². The third-order valence-electron chi connectivity index (χ3n) is 2.86. The molecule has 0 amide bonds. The monoisotopic (exact) mass is 299 g/mol. The molecule has 0 saturated heterocycles. The van der Waals surface area contributed by atoms with E-state index in [1.54, 1.807) is 33.3 Å². The molecular weight excluding hydrogens is 278 g/mol. The van der Waals surface area contributed by atoms with Gasteiger partial charge in [-0.3, -0.25) is 0 Å². The Bertz CT molecular complexity index is 567. The molecule has 20 heavy (non-hydrogen) atoms. The average Bonchev–Trinajstić information content (AvgIpc) is 2.45. The molecule has 0 aliphatic rings. The molecule has 1 N–H and O–H groups in total. The van der Waals surface area contributed by atoms with E-state index in [-0.39, 0.29) is 12.3 Å². The lowest BCUT2D eigenvalue weighted by Gasteiger charge is -2.14. The van der Waals surface area contributed by atoms with Gasteiger partial charge in [0.2, 0.25) is 10.0 Å². The second kappa shape index (κ2) is 7.31. The zero-order valence-corrected chi connectivity index (χ0v) is 12.9. The van der Waals surface area contributed by atoms with Gasteiger partial charge in [-0.15, -0.1) is 6.58 Å². The Hall–Kier alpha value is -1.53. The van der Waals surface area contributed by atoms with Crippen molar-refractivity contribution < 1.29 is 17.9 Å². The molecule has 0 aromatic heterocycles. The molecule has 0 spiro atoms. The second-order valence-electron chi connectivity index (χ2n) is 4.21. The number of rotatable bonds is 8. The van der Waals surface area contributed by atoms with E-state index in [0.29, 0.717) is 17.9 Å². The molecule has 5 nitrogen and oxygen atoms in total. The van der Waals surface area contributed by atoms with Gasteiger partial charge in [-0.1, -0.05) is 12.1 Å². The zero-order chi connectivity index (χ0) is 15.2. The first kappa shape index (κ1) is 16.5. The number of methoxy groups -OCH3 is 2. The fourth-order valence-corrected chi connectivity index (χ4v) is 2.40. The number of hydrogen-bond donors (Lipinski definition) is 1. The van der Waals surface area contributed by atoms with Crippen LogP contribution in [-0.4, -0.2) is 28.4 Å². The van der Waals surface area contributed by atoms with Crippen molar-refractivity contribution in [3.8, 4) is 11.5 Å². The van der Waals surface area contributed by atoms with Gasteiger partial charge in [-0.25, -0.2) is 13.1 Å². The maximum atomic E-state index is 11.5. The van der Waals surface area contributed by atoms with Crippen LogP contribution in [0.2, 0.25) is 0 Å². The van der Waals surface area contributed by atoms with Crippen LogP contribution in [0.3, 0.4) is 0 Å². The first-order valence-corrected chi connectivity index (χ1v) is 7.94. The summed E-state index contributed by atoms with van der Waals surface area (Å²) in [6.07, 6.45) is 2.38. The summed E-state index contributed by atoms with van der Waals surface area (Å²) in [6, 6.07) is 3.66. The third-order valence-corrected chi connectivity index (χ3v) is 4.20. The normalized spacial score (nSPS) is 11.2. The summed E-state index contributed by atoms with van der Waals surface area (Å²) in [7, 11) is -0.0959. The summed E-state index contributed by atoms with van der Waals surface area (Å²) >= 11 is 0. The number of allylic oxidation sites excluding steroid dienone is 1. The predicted octanol–water partition coefficient (Wildman–Crippen LogP) is 1.87. The van der Waals surface area contributed by atoms with Gasteiger partial charge >= 0.3 is 0 Å². The molecule has 0 aliphatic heterocycles. The van der Waals surface area contributed by atoms with Crippen LogP contribution in [0.1, 0.15) is 18.1 Å². The van der Waals surface area contributed by atoms with Gasteiger partial charge in [0.15, 0.2) is 11.5 Å². The number of nitrogens with one attached hydrogen (secondary N) is 1. The Morgan fingerprint density at radius 2 is 2.00 bits per heavy atom. The third kappa shape index (κ3) is 4.25. The highest BCUT2D eigenvalue weighted by molar-refractivity contribution is 7.89. The summed E-state index contributed by atoms with van der Waals surface area (Å²) in [6.45, 7) is 5.53. The van der Waals surface area contributed by atoms with E-state index < -0.39 is 10.0 Å². The van der Waals surface area contributed by atoms with Crippen molar-refractivity contribution in [1.82, 2.24) is 4.72 Å². The quantitative estimate of drug-likeness (QED) is 0.744. The van der Waals surface area contributed by atoms with Crippen molar-refractivity contribution in [3.63, 3.8) is 0 Å². The fourth-order valence-electron chi connectivity index (χ4n) is 1.81. The lowest BCUT2D eigenvalue weighted by molar-refractivity contribution is 0.352. The van der Waals surface area contributed by atoms with Crippen LogP contribution in [0.25, 0.3) is 0 Å². The lowest BCUT2D eigenvalue weighted by Crippen LogP contribution is -2.24. The minimum absolute atomic E-state index is 0.0554. The Labute approximate surface area is 120 Å². The SMILES string of the molecule is C=CCc1cc(CNS(=O)(=O)CC)cc(OC)c1OC. The maximum absolute atomic E-state index is 11.5. The molecule has 1 aromatic rings. The summed E-state index contributed by atoms with van der Waals surface area (Å²) < 4.78 is 36.1. The molecule has 0 aliphatic carbocycles. The van der Waals surface area contributed by atoms with Gasteiger partial charge in [0, 0.05) is 12.1 Å². The van der Waals surface area contributed by atoms with Crippen LogP contribution in [0.4, 0.5) is 0 Å². The van der Waals surface area contributed by atoms with Crippen LogP contribution >= 0.6 is 0 Å². The van der Waals surface area contributed by atoms with Crippen LogP contribution < -0.4 is 14.2 Å². The molecule has 0 unspecified atom stereocenters. The molecule has 1 aromatic carbocycles. The van der Waals surface area contributed by atoms with Gasteiger partial charge in [-0.2, -0.15) is 0 Å². The minimum atomic E-state index is -3.22. The van der Waals surface area contributed by atoms with E-state index in [9.17, 15) is 8.42 Å². The highest BCUT2D eigenvalue weighted by Crippen LogP contribution is 2.33. The van der Waals surface area contributed by atoms with Crippen molar-refractivity contribution in [1.29, 1.82) is 0 Å². The molecule has 0 bridgehead atoms. The lowest BCUT2D eigenvalue weighted by atomic mass is 10.1. The van der Waals surface area contributed by atoms with Crippen molar-refractivity contribution in [2.24, 2.45) is 0 Å². The number of hydrogen-bond acceptors (Lipinski definition) is 4. The molecule has 0 saturated carbocycles. The topological polar surface area (TPSA) is 64.6 Å². The van der Waals surface area contributed by atoms with Crippen molar-refractivity contribution in [2.45, 2.75) is 19.9 Å². The Morgan fingerprint density at radius 1 is 1.30 bits per heavy atom. The molecule has 0 fully saturated rings. The van der Waals surface area contributed by atoms with Crippen molar-refractivity contribution >= 4 is 10.0 Å². The molecule has 112 valence electrons. The van der Waals surface area contributed by atoms with E-state index >= 15 is 0 Å². The first-order chi connectivity index (χ1) is 9.47. The van der Waals surface area contributed by atoms with Crippen LogP contribution in [0.5, 0.6) is 11.5 Å². The second-order valence-corrected chi connectivity index (χ2v) is 6.30. The Kier molecular flexibility index (Phi) is 6.04. The Morgan fingerprint density at radius 3 is 2.50 bits per heavy atom. The molecule has 0 radical (unpaired) electrons. The number of sulfonamides is 1. The zero-order valence-electron chi connectivity index (χ0n) is 12.1. The van der Waals surface area contributed by atoms with E-state index in [2.05, 4.69) is 11.3 Å². The smallest absolute Gasteiger partial charge is 0.211 e. The highest BCUT2D eigenvalue weighted by Gasteiger charge is 2.13. The van der Waals surface area contributed by atoms with Crippen LogP contribution in [-0.2, 0) is 23.0 Å². The van der Waals surface area contributed by atoms with Gasteiger partial charge in [-0.05, 0) is 25.0 Å². The van der Waals surface area contributed by atoms with E-state index in [1.165, 1.54) is 0 Å². The maximum Gasteiger partial charge on any atom is 0.211 e. The predicted molar refractivity (Wildman–Crippen MR) is 79.7 cm³/mol.